The summed E-state index contributed by atoms with van der Waals surface area (Å²) >= 11 is 1.17. The zero-order chi connectivity index (χ0) is 25.2. The molecular formula is C26H24F2N4O2S. The maximum atomic E-state index is 14.9. The first-order valence-electron chi connectivity index (χ1n) is 11.0. The Morgan fingerprint density at radius 1 is 1.26 bits per heavy atom. The first-order valence-corrected chi connectivity index (χ1v) is 11.8. The average molecular weight is 495 g/mol. The van der Waals surface area contributed by atoms with Gasteiger partial charge in [0.25, 0.3) is 17.7 Å². The largest absolute Gasteiger partial charge is 0.350 e. The van der Waals surface area contributed by atoms with Gasteiger partial charge in [0, 0.05) is 30.6 Å². The van der Waals surface area contributed by atoms with E-state index in [1.165, 1.54) is 23.5 Å². The quantitative estimate of drug-likeness (QED) is 0.449. The van der Waals surface area contributed by atoms with Gasteiger partial charge in [-0.3, -0.25) is 14.6 Å². The molecule has 0 aliphatic carbocycles. The second-order valence-electron chi connectivity index (χ2n) is 8.12. The van der Waals surface area contributed by atoms with Crippen LogP contribution in [0.3, 0.4) is 0 Å². The summed E-state index contributed by atoms with van der Waals surface area (Å²) in [6.07, 6.45) is 1.05. The number of likely N-dealkylation sites (tertiary alicyclic amines) is 1. The number of nitrogens with zero attached hydrogens (tertiary/aromatic N) is 3. The first-order chi connectivity index (χ1) is 16.8. The molecule has 1 aromatic heterocycles. The van der Waals surface area contributed by atoms with Crippen molar-refractivity contribution in [3.8, 4) is 11.3 Å². The minimum absolute atomic E-state index is 0.122. The van der Waals surface area contributed by atoms with Crippen molar-refractivity contribution in [3.05, 3.63) is 76.1 Å². The van der Waals surface area contributed by atoms with Crippen LogP contribution in [0.25, 0.3) is 17.3 Å². The van der Waals surface area contributed by atoms with Gasteiger partial charge in [-0.05, 0) is 19.7 Å². The SMILES string of the molecule is C=Cc1cccc(C(=O)NCC2N(C(=O)c3sc(C)nc3-c3ccccc3)CCC2(F)F)c1N=C. The van der Waals surface area contributed by atoms with Gasteiger partial charge in [-0.1, -0.05) is 55.1 Å². The highest BCUT2D eigenvalue weighted by atomic mass is 32.1. The number of rotatable bonds is 7. The Morgan fingerprint density at radius 2 is 2.00 bits per heavy atom. The Morgan fingerprint density at radius 3 is 2.69 bits per heavy atom. The highest BCUT2D eigenvalue weighted by Crippen LogP contribution is 2.37. The topological polar surface area (TPSA) is 74.7 Å². The van der Waals surface area contributed by atoms with E-state index in [4.69, 9.17) is 0 Å². The molecule has 0 radical (unpaired) electrons. The lowest BCUT2D eigenvalue weighted by Gasteiger charge is -2.28. The summed E-state index contributed by atoms with van der Waals surface area (Å²) in [4.78, 5) is 36.1. The molecule has 180 valence electrons. The van der Waals surface area contributed by atoms with Crippen molar-refractivity contribution in [2.24, 2.45) is 4.99 Å². The van der Waals surface area contributed by atoms with Crippen LogP contribution in [0.15, 0.2) is 60.1 Å². The standard InChI is InChI=1S/C26H24F2N4O2S/c1-4-17-11-8-12-19(21(17)29-3)24(33)30-15-20-26(27,28)13-14-32(20)25(34)23-22(31-16(2)35-23)18-9-6-5-7-10-18/h4-12,20H,1,3,13-15H2,2H3,(H,30,33). The maximum Gasteiger partial charge on any atom is 0.271 e. The lowest BCUT2D eigenvalue weighted by molar-refractivity contribution is -0.0281. The Bertz CT molecular complexity index is 1290. The summed E-state index contributed by atoms with van der Waals surface area (Å²) in [5, 5.41) is 3.22. The fourth-order valence-corrected chi connectivity index (χ4v) is 5.08. The smallest absolute Gasteiger partial charge is 0.271 e. The molecule has 3 aromatic rings. The van der Waals surface area contributed by atoms with Gasteiger partial charge in [-0.15, -0.1) is 11.3 Å². The monoisotopic (exact) mass is 494 g/mol. The van der Waals surface area contributed by atoms with Gasteiger partial charge in [0.1, 0.15) is 10.9 Å². The molecule has 2 heterocycles. The normalized spacial score (nSPS) is 16.7. The van der Waals surface area contributed by atoms with Crippen molar-refractivity contribution in [3.63, 3.8) is 0 Å². The number of aromatic nitrogens is 1. The summed E-state index contributed by atoms with van der Waals surface area (Å²) in [6, 6.07) is 12.6. The van der Waals surface area contributed by atoms with E-state index in [1.807, 2.05) is 30.3 Å². The number of para-hydroxylation sites is 1. The van der Waals surface area contributed by atoms with Gasteiger partial charge in [-0.2, -0.15) is 0 Å². The molecule has 4 rings (SSSR count). The van der Waals surface area contributed by atoms with E-state index in [2.05, 4.69) is 28.6 Å². The van der Waals surface area contributed by atoms with Crippen molar-refractivity contribution in [1.82, 2.24) is 15.2 Å². The summed E-state index contributed by atoms with van der Waals surface area (Å²) in [5.74, 6) is -4.25. The molecule has 0 spiro atoms. The van der Waals surface area contributed by atoms with Gasteiger partial charge < -0.3 is 10.2 Å². The number of carbonyl (C=O) groups is 2. The summed E-state index contributed by atoms with van der Waals surface area (Å²) in [7, 11) is 0. The van der Waals surface area contributed by atoms with Crippen molar-refractivity contribution >= 4 is 41.6 Å². The predicted molar refractivity (Wildman–Crippen MR) is 135 cm³/mol. The molecule has 1 N–H and O–H groups in total. The molecule has 0 saturated carbocycles. The second-order valence-corrected chi connectivity index (χ2v) is 9.32. The molecule has 1 aliphatic rings. The Kier molecular flexibility index (Phi) is 6.88. The number of aryl methyl sites for hydroxylation is 1. The minimum atomic E-state index is -3.15. The molecule has 2 amide bonds. The number of thiazole rings is 1. The van der Waals surface area contributed by atoms with E-state index in [9.17, 15) is 18.4 Å². The molecule has 2 aromatic carbocycles. The van der Waals surface area contributed by atoms with E-state index in [1.54, 1.807) is 19.1 Å². The summed E-state index contributed by atoms with van der Waals surface area (Å²) in [6.45, 7) is 8.42. The number of nitrogens with one attached hydrogen (secondary N) is 1. The first kappa shape index (κ1) is 24.4. The van der Waals surface area contributed by atoms with Crippen molar-refractivity contribution in [2.45, 2.75) is 25.3 Å². The van der Waals surface area contributed by atoms with Crippen LogP contribution in [0, 0.1) is 6.92 Å². The number of aliphatic imine (C=N–C) groups is 1. The van der Waals surface area contributed by atoms with Crippen LogP contribution in [0.5, 0.6) is 0 Å². The Labute approximate surface area is 206 Å². The van der Waals surface area contributed by atoms with Crippen molar-refractivity contribution < 1.29 is 18.4 Å². The van der Waals surface area contributed by atoms with Crippen LogP contribution in [0.2, 0.25) is 0 Å². The molecule has 1 fully saturated rings. The van der Waals surface area contributed by atoms with Gasteiger partial charge in [0.15, 0.2) is 0 Å². The number of halogens is 2. The number of hydrogen-bond donors (Lipinski definition) is 1. The molecule has 1 aliphatic heterocycles. The van der Waals surface area contributed by atoms with Crippen molar-refractivity contribution in [2.75, 3.05) is 13.1 Å². The Balaban J connectivity index is 1.58. The number of amides is 2. The van der Waals surface area contributed by atoms with Crippen LogP contribution >= 0.6 is 11.3 Å². The van der Waals surface area contributed by atoms with E-state index in [0.717, 1.165) is 10.5 Å². The molecule has 0 bridgehead atoms. The van der Waals surface area contributed by atoms with Crippen LogP contribution < -0.4 is 5.32 Å². The third-order valence-electron chi connectivity index (χ3n) is 5.93. The highest BCUT2D eigenvalue weighted by molar-refractivity contribution is 7.14. The predicted octanol–water partition coefficient (Wildman–Crippen LogP) is 5.37. The highest BCUT2D eigenvalue weighted by Gasteiger charge is 2.51. The summed E-state index contributed by atoms with van der Waals surface area (Å²) < 4.78 is 29.8. The van der Waals surface area contributed by atoms with Gasteiger partial charge in [0.05, 0.1) is 22.0 Å². The van der Waals surface area contributed by atoms with Crippen LogP contribution in [-0.2, 0) is 0 Å². The zero-order valence-electron chi connectivity index (χ0n) is 19.1. The van der Waals surface area contributed by atoms with E-state index in [-0.39, 0.29) is 12.1 Å². The lowest BCUT2D eigenvalue weighted by Crippen LogP contribution is -2.49. The molecule has 6 nitrogen and oxygen atoms in total. The molecular weight excluding hydrogens is 470 g/mol. The van der Waals surface area contributed by atoms with Crippen LogP contribution in [0.4, 0.5) is 14.5 Å². The third kappa shape index (κ3) is 4.77. The molecule has 1 unspecified atom stereocenters. The maximum absolute atomic E-state index is 14.9. The van der Waals surface area contributed by atoms with Crippen LogP contribution in [0.1, 0.15) is 37.0 Å². The third-order valence-corrected chi connectivity index (χ3v) is 6.89. The van der Waals surface area contributed by atoms with Crippen molar-refractivity contribution in [1.29, 1.82) is 0 Å². The average Bonchev–Trinajstić information content (AvgIpc) is 3.40. The van der Waals surface area contributed by atoms with E-state index < -0.39 is 36.7 Å². The number of carbonyl (C=O) groups excluding carboxylic acids is 2. The fraction of sp³-hybridized carbons (Fsp3) is 0.231. The van der Waals surface area contributed by atoms with E-state index in [0.29, 0.717) is 26.8 Å². The second kappa shape index (κ2) is 9.87. The van der Waals surface area contributed by atoms with E-state index >= 15 is 0 Å². The Hall–Kier alpha value is -3.72. The zero-order valence-corrected chi connectivity index (χ0v) is 19.9. The molecule has 9 heteroatoms. The number of hydrogen-bond acceptors (Lipinski definition) is 5. The van der Waals surface area contributed by atoms with Gasteiger partial charge in [-0.25, -0.2) is 13.8 Å². The summed E-state index contributed by atoms with van der Waals surface area (Å²) in [5.41, 5.74) is 2.33. The fourth-order valence-electron chi connectivity index (χ4n) is 4.19. The lowest BCUT2D eigenvalue weighted by atomic mass is 10.1. The van der Waals surface area contributed by atoms with Gasteiger partial charge in [0.2, 0.25) is 0 Å². The van der Waals surface area contributed by atoms with Gasteiger partial charge >= 0.3 is 0 Å². The molecule has 1 saturated heterocycles. The molecule has 1 atom stereocenters. The number of alkyl halides is 2. The number of benzene rings is 2. The molecule has 35 heavy (non-hydrogen) atoms. The minimum Gasteiger partial charge on any atom is -0.350 e. The van der Waals surface area contributed by atoms with Crippen LogP contribution in [-0.4, -0.2) is 53.5 Å².